The molecule has 0 aliphatic rings. The molecule has 0 saturated carbocycles. The quantitative estimate of drug-likeness (QED) is 0.509. The van der Waals surface area contributed by atoms with Gasteiger partial charge >= 0.3 is 18.5 Å². The van der Waals surface area contributed by atoms with Crippen LogP contribution in [0.5, 0.6) is 0 Å². The van der Waals surface area contributed by atoms with Crippen molar-refractivity contribution in [3.8, 4) is 0 Å². The predicted molar refractivity (Wildman–Crippen MR) is 40.0 cm³/mol. The molecule has 0 unspecified atom stereocenters. The Bertz CT molecular complexity index is 241. The van der Waals surface area contributed by atoms with Crippen LogP contribution in [0.3, 0.4) is 0 Å². The fourth-order valence-electron chi connectivity index (χ4n) is 1.06. The first-order chi connectivity index (χ1) is 7.31. The molecular weight excluding hydrogens is 267 g/mol. The highest BCUT2D eigenvalue weighted by atomic mass is 19.4. The first-order valence-corrected chi connectivity index (χ1v) is 4.19. The van der Waals surface area contributed by atoms with E-state index in [0.29, 0.717) is 0 Å². The van der Waals surface area contributed by atoms with Gasteiger partial charge in [-0.2, -0.15) is 39.5 Å². The molecule has 0 fully saturated rings. The van der Waals surface area contributed by atoms with Gasteiger partial charge in [-0.3, -0.25) is 0 Å². The second kappa shape index (κ2) is 4.41. The Morgan fingerprint density at radius 1 is 0.706 bits per heavy atom. The fourth-order valence-corrected chi connectivity index (χ4v) is 1.06. The molecule has 9 heteroatoms. The average Bonchev–Trinajstić information content (AvgIpc) is 1.96. The van der Waals surface area contributed by atoms with Crippen LogP contribution in [-0.4, -0.2) is 18.5 Å². The summed E-state index contributed by atoms with van der Waals surface area (Å²) in [6.07, 6.45) is -20.6. The van der Waals surface area contributed by atoms with Gasteiger partial charge in [-0.15, -0.1) is 0 Å². The summed E-state index contributed by atoms with van der Waals surface area (Å²) in [7, 11) is 0. The molecule has 0 aliphatic heterocycles. The normalized spacial score (nSPS) is 15.6. The number of hydrogen-bond donors (Lipinski definition) is 0. The summed E-state index contributed by atoms with van der Waals surface area (Å²) in [6, 6.07) is 0. The molecule has 0 atom stereocenters. The van der Waals surface area contributed by atoms with E-state index in [0.717, 1.165) is 6.92 Å². The maximum atomic E-state index is 12.2. The van der Waals surface area contributed by atoms with E-state index in [2.05, 4.69) is 0 Å². The number of rotatable bonds is 2. The lowest BCUT2D eigenvalue weighted by Gasteiger charge is -2.36. The van der Waals surface area contributed by atoms with Crippen molar-refractivity contribution >= 4 is 0 Å². The molecule has 0 amide bonds. The summed E-state index contributed by atoms with van der Waals surface area (Å²) < 4.78 is 110. The van der Waals surface area contributed by atoms with Gasteiger partial charge in [-0.05, 0) is 6.42 Å². The first kappa shape index (κ1) is 16.1. The molecule has 0 radical (unpaired) electrons. The van der Waals surface area contributed by atoms with Gasteiger partial charge in [-0.1, -0.05) is 19.1 Å². The maximum Gasteiger partial charge on any atom is 0.415 e. The highest BCUT2D eigenvalue weighted by Gasteiger charge is 2.82. The van der Waals surface area contributed by atoms with Crippen molar-refractivity contribution in [2.45, 2.75) is 31.9 Å². The zero-order valence-electron chi connectivity index (χ0n) is 8.26. The largest absolute Gasteiger partial charge is 0.415 e. The molecule has 0 spiro atoms. The van der Waals surface area contributed by atoms with Gasteiger partial charge in [0.25, 0.3) is 5.41 Å². The summed E-state index contributed by atoms with van der Waals surface area (Å²) in [4.78, 5) is 0. The van der Waals surface area contributed by atoms with Crippen LogP contribution in [0.25, 0.3) is 0 Å². The summed E-state index contributed by atoms with van der Waals surface area (Å²) >= 11 is 0. The zero-order chi connectivity index (χ0) is 14.1. The lowest BCUT2D eigenvalue weighted by molar-refractivity contribution is -0.406. The van der Waals surface area contributed by atoms with Crippen LogP contribution in [0.1, 0.15) is 13.3 Å². The van der Waals surface area contributed by atoms with Crippen LogP contribution in [0.15, 0.2) is 12.2 Å². The van der Waals surface area contributed by atoms with E-state index in [1.807, 2.05) is 0 Å². The number of allylic oxidation sites excluding steroid dienone is 2. The zero-order valence-corrected chi connectivity index (χ0v) is 8.26. The Kier molecular flexibility index (Phi) is 4.18. The summed E-state index contributed by atoms with van der Waals surface area (Å²) in [6.45, 7) is 1.12. The minimum Gasteiger partial charge on any atom is -0.169 e. The van der Waals surface area contributed by atoms with E-state index in [4.69, 9.17) is 0 Å². The molecule has 0 aromatic heterocycles. The molecular formula is C8H7F9. The standard InChI is InChI=1S/C8H7F9/c1-2-3-4-5(6(9,10)11,7(12,13)14)8(15,16)17/h3-4H,2H2,1H3. The van der Waals surface area contributed by atoms with Crippen molar-refractivity contribution in [1.82, 2.24) is 0 Å². The van der Waals surface area contributed by atoms with Gasteiger partial charge < -0.3 is 0 Å². The van der Waals surface area contributed by atoms with Crippen molar-refractivity contribution in [2.75, 3.05) is 0 Å². The molecule has 0 aromatic rings. The van der Waals surface area contributed by atoms with Gasteiger partial charge in [0, 0.05) is 0 Å². The lowest BCUT2D eigenvalue weighted by Crippen LogP contribution is -2.58. The van der Waals surface area contributed by atoms with Crippen LogP contribution >= 0.6 is 0 Å². The van der Waals surface area contributed by atoms with E-state index in [-0.39, 0.29) is 12.5 Å². The summed E-state index contributed by atoms with van der Waals surface area (Å²) in [5.74, 6) is 0. The number of hydrogen-bond acceptors (Lipinski definition) is 0. The van der Waals surface area contributed by atoms with Gasteiger partial charge in [-0.25, -0.2) is 0 Å². The molecule has 0 heterocycles. The van der Waals surface area contributed by atoms with Crippen LogP contribution in [-0.2, 0) is 0 Å². The van der Waals surface area contributed by atoms with E-state index >= 15 is 0 Å². The van der Waals surface area contributed by atoms with E-state index in [1.54, 1.807) is 0 Å². The number of alkyl halides is 9. The molecule has 0 aliphatic carbocycles. The van der Waals surface area contributed by atoms with Crippen LogP contribution < -0.4 is 0 Å². The molecule has 0 N–H and O–H groups in total. The van der Waals surface area contributed by atoms with Crippen LogP contribution in [0.4, 0.5) is 39.5 Å². The smallest absolute Gasteiger partial charge is 0.169 e. The molecule has 0 aromatic carbocycles. The van der Waals surface area contributed by atoms with Crippen molar-refractivity contribution in [1.29, 1.82) is 0 Å². The molecule has 17 heavy (non-hydrogen) atoms. The SMILES string of the molecule is CCC=CC(C(F)(F)F)(C(F)(F)F)C(F)(F)F. The van der Waals surface area contributed by atoms with Gasteiger partial charge in [0.05, 0.1) is 0 Å². The van der Waals surface area contributed by atoms with Crippen LogP contribution in [0, 0.1) is 5.41 Å². The summed E-state index contributed by atoms with van der Waals surface area (Å²) in [5.41, 5.74) is -5.82. The minimum absolute atomic E-state index is 0.189. The monoisotopic (exact) mass is 274 g/mol. The highest BCUT2D eigenvalue weighted by Crippen LogP contribution is 2.60. The van der Waals surface area contributed by atoms with Crippen molar-refractivity contribution in [2.24, 2.45) is 5.41 Å². The van der Waals surface area contributed by atoms with E-state index in [9.17, 15) is 39.5 Å². The molecule has 0 saturated heterocycles. The average molecular weight is 274 g/mol. The molecule has 102 valence electrons. The second-order valence-electron chi connectivity index (χ2n) is 3.11. The lowest BCUT2D eigenvalue weighted by atomic mass is 9.84. The highest BCUT2D eigenvalue weighted by molar-refractivity contribution is 5.12. The Morgan fingerprint density at radius 2 is 1.00 bits per heavy atom. The molecule has 0 bridgehead atoms. The third-order valence-corrected chi connectivity index (χ3v) is 1.94. The minimum atomic E-state index is -6.50. The Hall–Kier alpha value is -0.890. The third kappa shape index (κ3) is 2.68. The second-order valence-corrected chi connectivity index (χ2v) is 3.11. The predicted octanol–water partition coefficient (Wildman–Crippen LogP) is 4.63. The van der Waals surface area contributed by atoms with E-state index in [1.165, 1.54) is 0 Å². The molecule has 0 nitrogen and oxygen atoms in total. The Morgan fingerprint density at radius 3 is 1.18 bits per heavy atom. The van der Waals surface area contributed by atoms with Gasteiger partial charge in [0.1, 0.15) is 0 Å². The van der Waals surface area contributed by atoms with Crippen molar-refractivity contribution in [3.63, 3.8) is 0 Å². The number of halogens is 9. The maximum absolute atomic E-state index is 12.2. The van der Waals surface area contributed by atoms with E-state index < -0.39 is 30.0 Å². The van der Waals surface area contributed by atoms with Crippen molar-refractivity contribution in [3.05, 3.63) is 12.2 Å². The Labute approximate surface area is 90.1 Å². The first-order valence-electron chi connectivity index (χ1n) is 4.19. The fraction of sp³-hybridized carbons (Fsp3) is 0.750. The Balaban J connectivity index is 6.03. The summed E-state index contributed by atoms with van der Waals surface area (Å²) in [5, 5.41) is 0. The van der Waals surface area contributed by atoms with Gasteiger partial charge in [0.15, 0.2) is 0 Å². The van der Waals surface area contributed by atoms with Crippen LogP contribution in [0.2, 0.25) is 0 Å². The molecule has 0 rings (SSSR count). The topological polar surface area (TPSA) is 0 Å². The van der Waals surface area contributed by atoms with Crippen molar-refractivity contribution < 1.29 is 39.5 Å². The van der Waals surface area contributed by atoms with Gasteiger partial charge in [0.2, 0.25) is 0 Å². The third-order valence-electron chi connectivity index (χ3n) is 1.94.